The molecular formula is C35H40N6O8. The number of fused-ring (bicyclic) bond motifs is 1. The maximum atomic E-state index is 12.6. The van der Waals surface area contributed by atoms with Crippen LogP contribution in [-0.2, 0) is 24.6 Å². The summed E-state index contributed by atoms with van der Waals surface area (Å²) >= 11 is 0. The fraction of sp³-hybridized carbons (Fsp3) is 0.343. The number of nitrogens with one attached hydrogen (secondary N) is 1. The van der Waals surface area contributed by atoms with Gasteiger partial charge in [0.25, 0.3) is 5.56 Å². The summed E-state index contributed by atoms with van der Waals surface area (Å²) in [5, 5.41) is 13.4. The number of methoxy groups -OCH3 is 2. The molecule has 2 aromatic heterocycles. The van der Waals surface area contributed by atoms with Crippen molar-refractivity contribution < 1.29 is 33.6 Å². The molecule has 258 valence electrons. The Hall–Kier alpha value is -4.83. The van der Waals surface area contributed by atoms with Crippen LogP contribution in [0.4, 0.5) is 5.95 Å². The molecule has 4 atom stereocenters. The Balaban J connectivity index is 1.39. The summed E-state index contributed by atoms with van der Waals surface area (Å²) in [4.78, 5) is 29.1. The minimum Gasteiger partial charge on any atom is -0.497 e. The molecule has 0 amide bonds. The number of hydrogen-bond donors (Lipinski definition) is 3. The number of benzene rings is 3. The molecule has 6 rings (SSSR count). The standard InChI is InChI=1S/C35H40N6O8/c1-40(2)48-19-18-46-30-29(42)27(49-33(30)41-21-37-28-31(41)38-34(36)39-32(28)43)20-47-35(22-8-6-5-7-9-22,23-10-14-25(44-3)15-11-23)24-12-16-26(45-4)17-13-24/h5-17,21,27,29-30,33,42H,18-20H2,1-4H3,(H3,36,38,39,43)/t27-,29-,30-,33-/m1/s1. The van der Waals surface area contributed by atoms with Crippen molar-refractivity contribution in [3.63, 3.8) is 0 Å². The fourth-order valence-electron chi connectivity index (χ4n) is 6.07. The highest BCUT2D eigenvalue weighted by Crippen LogP contribution is 2.43. The molecule has 0 aliphatic carbocycles. The third-order valence-electron chi connectivity index (χ3n) is 8.42. The number of aromatic amines is 1. The number of aliphatic hydroxyl groups is 1. The third kappa shape index (κ3) is 6.87. The summed E-state index contributed by atoms with van der Waals surface area (Å²) in [6, 6.07) is 25.1. The third-order valence-corrected chi connectivity index (χ3v) is 8.42. The summed E-state index contributed by atoms with van der Waals surface area (Å²) < 4.78 is 32.2. The zero-order valence-electron chi connectivity index (χ0n) is 27.7. The Morgan fingerprint density at radius 2 is 1.55 bits per heavy atom. The van der Waals surface area contributed by atoms with Crippen LogP contribution < -0.4 is 20.8 Å². The molecule has 0 unspecified atom stereocenters. The molecule has 14 nitrogen and oxygen atoms in total. The number of H-pyrrole nitrogens is 1. The van der Waals surface area contributed by atoms with E-state index in [0.717, 1.165) is 16.7 Å². The molecule has 0 bridgehead atoms. The zero-order chi connectivity index (χ0) is 34.5. The molecule has 1 fully saturated rings. The molecule has 0 spiro atoms. The van der Waals surface area contributed by atoms with Crippen molar-refractivity contribution in [1.82, 2.24) is 24.6 Å². The van der Waals surface area contributed by atoms with E-state index in [1.54, 1.807) is 37.9 Å². The lowest BCUT2D eigenvalue weighted by molar-refractivity contribution is -0.150. The van der Waals surface area contributed by atoms with Crippen molar-refractivity contribution in [2.24, 2.45) is 0 Å². The van der Waals surface area contributed by atoms with Crippen LogP contribution in [0.2, 0.25) is 0 Å². The van der Waals surface area contributed by atoms with Crippen LogP contribution in [0.5, 0.6) is 11.5 Å². The van der Waals surface area contributed by atoms with Crippen LogP contribution >= 0.6 is 0 Å². The van der Waals surface area contributed by atoms with Crippen molar-refractivity contribution in [2.45, 2.75) is 30.1 Å². The van der Waals surface area contributed by atoms with Gasteiger partial charge in [0.05, 0.1) is 40.4 Å². The molecule has 1 saturated heterocycles. The quantitative estimate of drug-likeness (QED) is 0.0898. The van der Waals surface area contributed by atoms with Gasteiger partial charge in [-0.2, -0.15) is 10.0 Å². The van der Waals surface area contributed by atoms with Crippen LogP contribution in [0.3, 0.4) is 0 Å². The van der Waals surface area contributed by atoms with Crippen molar-refractivity contribution >= 4 is 17.1 Å². The number of aromatic nitrogens is 4. The maximum Gasteiger partial charge on any atom is 0.280 e. The van der Waals surface area contributed by atoms with Gasteiger partial charge in [0.15, 0.2) is 17.4 Å². The number of ether oxygens (including phenoxy) is 5. The van der Waals surface area contributed by atoms with E-state index in [1.807, 2.05) is 78.9 Å². The lowest BCUT2D eigenvalue weighted by Crippen LogP contribution is -2.40. The Morgan fingerprint density at radius 3 is 2.14 bits per heavy atom. The number of nitrogens with zero attached hydrogens (tertiary/aromatic N) is 4. The van der Waals surface area contributed by atoms with E-state index < -0.39 is 35.7 Å². The summed E-state index contributed by atoms with van der Waals surface area (Å²) in [5.74, 6) is 1.30. The minimum absolute atomic E-state index is 0.0680. The van der Waals surface area contributed by atoms with Gasteiger partial charge in [-0.3, -0.25) is 19.2 Å². The SMILES string of the molecule is COc1ccc(C(OC[C@H]2O[C@@H](n3cnc4c(=O)[nH]c(N)nc43)[C@H](OCCON(C)C)[C@@H]2O)(c2ccccc2)c2ccc(OC)cc2)cc1. The van der Waals surface area contributed by atoms with Gasteiger partial charge in [-0.25, -0.2) is 4.98 Å². The van der Waals surface area contributed by atoms with Crippen LogP contribution in [-0.4, -0.2) is 96.1 Å². The second-order valence-corrected chi connectivity index (χ2v) is 11.6. The molecule has 3 heterocycles. The highest BCUT2D eigenvalue weighted by Gasteiger charge is 2.48. The van der Waals surface area contributed by atoms with Gasteiger partial charge in [0, 0.05) is 14.1 Å². The summed E-state index contributed by atoms with van der Waals surface area (Å²) in [6.45, 7) is 0.301. The van der Waals surface area contributed by atoms with E-state index in [-0.39, 0.29) is 36.9 Å². The summed E-state index contributed by atoms with van der Waals surface area (Å²) in [7, 11) is 6.76. The van der Waals surface area contributed by atoms with E-state index in [0.29, 0.717) is 11.5 Å². The molecule has 4 N–H and O–H groups in total. The van der Waals surface area contributed by atoms with Crippen LogP contribution in [0.15, 0.2) is 90.0 Å². The number of aliphatic hydroxyl groups excluding tert-OH is 1. The summed E-state index contributed by atoms with van der Waals surface area (Å²) in [6.07, 6.45) is -2.48. The molecule has 1 aliphatic rings. The van der Waals surface area contributed by atoms with Gasteiger partial charge in [-0.05, 0) is 41.0 Å². The smallest absolute Gasteiger partial charge is 0.280 e. The van der Waals surface area contributed by atoms with Gasteiger partial charge in [0.1, 0.15) is 35.4 Å². The topological polar surface area (TPSA) is 168 Å². The van der Waals surface area contributed by atoms with E-state index in [9.17, 15) is 9.90 Å². The number of imidazole rings is 1. The monoisotopic (exact) mass is 672 g/mol. The van der Waals surface area contributed by atoms with Crippen LogP contribution in [0.1, 0.15) is 22.9 Å². The second-order valence-electron chi connectivity index (χ2n) is 11.6. The predicted octanol–water partition coefficient (Wildman–Crippen LogP) is 2.86. The Labute approximate surface area is 282 Å². The maximum absolute atomic E-state index is 12.6. The minimum atomic E-state index is -1.17. The molecule has 0 saturated carbocycles. The van der Waals surface area contributed by atoms with Gasteiger partial charge in [0.2, 0.25) is 5.95 Å². The van der Waals surface area contributed by atoms with Crippen molar-refractivity contribution in [3.8, 4) is 11.5 Å². The molecule has 1 aliphatic heterocycles. The first-order chi connectivity index (χ1) is 23.7. The average molecular weight is 673 g/mol. The molecular weight excluding hydrogens is 632 g/mol. The van der Waals surface area contributed by atoms with Crippen LogP contribution in [0, 0.1) is 0 Å². The lowest BCUT2D eigenvalue weighted by atomic mass is 9.80. The number of nitrogen functional groups attached to an aromatic ring is 1. The Morgan fingerprint density at radius 1 is 0.939 bits per heavy atom. The number of nitrogens with two attached hydrogens (primary N) is 1. The first-order valence-corrected chi connectivity index (χ1v) is 15.7. The fourth-order valence-corrected chi connectivity index (χ4v) is 6.07. The van der Waals surface area contributed by atoms with Gasteiger partial charge in [-0.1, -0.05) is 54.6 Å². The second kappa shape index (κ2) is 14.7. The van der Waals surface area contributed by atoms with Crippen molar-refractivity contribution in [1.29, 1.82) is 0 Å². The first kappa shape index (κ1) is 34.0. The van der Waals surface area contributed by atoms with E-state index >= 15 is 0 Å². The van der Waals surface area contributed by atoms with Gasteiger partial charge < -0.3 is 34.5 Å². The van der Waals surface area contributed by atoms with E-state index in [1.165, 1.54) is 6.33 Å². The largest absolute Gasteiger partial charge is 0.497 e. The summed E-state index contributed by atoms with van der Waals surface area (Å²) in [5.41, 5.74) is 6.98. The molecule has 49 heavy (non-hydrogen) atoms. The molecule has 5 aromatic rings. The van der Waals surface area contributed by atoms with Crippen molar-refractivity contribution in [2.75, 3.05) is 53.9 Å². The highest BCUT2D eigenvalue weighted by molar-refractivity contribution is 5.70. The number of hydroxylamine groups is 2. The number of rotatable bonds is 14. The van der Waals surface area contributed by atoms with Crippen molar-refractivity contribution in [3.05, 3.63) is 112 Å². The molecule has 14 heteroatoms. The predicted molar refractivity (Wildman–Crippen MR) is 180 cm³/mol. The molecule has 0 radical (unpaired) electrons. The Kier molecular flexibility index (Phi) is 10.2. The first-order valence-electron chi connectivity index (χ1n) is 15.7. The van der Waals surface area contributed by atoms with Crippen LogP contribution in [0.25, 0.3) is 11.2 Å². The number of anilines is 1. The van der Waals surface area contributed by atoms with E-state index in [2.05, 4.69) is 15.0 Å². The van der Waals surface area contributed by atoms with Gasteiger partial charge in [-0.15, -0.1) is 0 Å². The normalized spacial score (nSPS) is 19.5. The zero-order valence-corrected chi connectivity index (χ0v) is 27.7. The number of hydrogen-bond acceptors (Lipinski definition) is 12. The molecule has 3 aromatic carbocycles. The Bertz CT molecular complexity index is 1830. The lowest BCUT2D eigenvalue weighted by Gasteiger charge is -2.37. The van der Waals surface area contributed by atoms with E-state index in [4.69, 9.17) is 34.3 Å². The van der Waals surface area contributed by atoms with Gasteiger partial charge >= 0.3 is 0 Å². The average Bonchev–Trinajstić information content (AvgIpc) is 3.68. The highest BCUT2D eigenvalue weighted by atomic mass is 16.7.